The van der Waals surface area contributed by atoms with E-state index >= 15 is 0 Å². The van der Waals surface area contributed by atoms with Crippen LogP contribution in [0.5, 0.6) is 0 Å². The Morgan fingerprint density at radius 2 is 1.71 bits per heavy atom. The maximum absolute atomic E-state index is 12.4. The lowest BCUT2D eigenvalue weighted by molar-refractivity contribution is -0.144. The third-order valence-corrected chi connectivity index (χ3v) is 3.75. The van der Waals surface area contributed by atoms with Gasteiger partial charge in [0, 0.05) is 13.5 Å². The highest BCUT2D eigenvalue weighted by Gasteiger charge is 2.26. The number of rotatable bonds is 7. The molecule has 2 aromatic carbocycles. The topological polar surface area (TPSA) is 75.6 Å². The quantitative estimate of drug-likeness (QED) is 0.819. The molecule has 0 aliphatic rings. The van der Waals surface area contributed by atoms with Crippen molar-refractivity contribution in [3.8, 4) is 0 Å². The standard InChI is InChI=1S/C19H21NO4/c1-13-8-10-14(11-9-13)12-16(19(22)23)20-18(21)17(24-2)15-6-4-3-5-7-15/h3-11,16-17H,12H2,1-2H3,(H,20,21)(H,22,23)/t16-,17+/m1/s1. The Kier molecular flexibility index (Phi) is 6.09. The Hall–Kier alpha value is -2.66. The van der Waals surface area contributed by atoms with Gasteiger partial charge in [-0.15, -0.1) is 0 Å². The van der Waals surface area contributed by atoms with Crippen molar-refractivity contribution < 1.29 is 19.4 Å². The van der Waals surface area contributed by atoms with Crippen LogP contribution < -0.4 is 5.32 Å². The number of benzene rings is 2. The van der Waals surface area contributed by atoms with E-state index in [1.165, 1.54) is 7.11 Å². The molecule has 0 fully saturated rings. The third kappa shape index (κ3) is 4.67. The molecule has 0 unspecified atom stereocenters. The van der Waals surface area contributed by atoms with E-state index in [1.54, 1.807) is 24.3 Å². The van der Waals surface area contributed by atoms with Crippen LogP contribution in [-0.4, -0.2) is 30.1 Å². The molecule has 0 heterocycles. The number of amides is 1. The molecule has 5 nitrogen and oxygen atoms in total. The number of nitrogens with one attached hydrogen (secondary N) is 1. The van der Waals surface area contributed by atoms with Gasteiger partial charge in [0.15, 0.2) is 6.10 Å². The largest absolute Gasteiger partial charge is 0.480 e. The summed E-state index contributed by atoms with van der Waals surface area (Å²) >= 11 is 0. The molecule has 0 bridgehead atoms. The molecule has 1 amide bonds. The smallest absolute Gasteiger partial charge is 0.326 e. The van der Waals surface area contributed by atoms with Crippen LogP contribution >= 0.6 is 0 Å². The summed E-state index contributed by atoms with van der Waals surface area (Å²) in [5.41, 5.74) is 2.62. The number of carbonyl (C=O) groups is 2. The second-order valence-corrected chi connectivity index (χ2v) is 5.62. The lowest BCUT2D eigenvalue weighted by atomic mass is 10.0. The molecule has 2 rings (SSSR count). The van der Waals surface area contributed by atoms with Crippen molar-refractivity contribution in [1.29, 1.82) is 0 Å². The van der Waals surface area contributed by atoms with Crippen molar-refractivity contribution in [2.24, 2.45) is 0 Å². The summed E-state index contributed by atoms with van der Waals surface area (Å²) in [6, 6.07) is 15.5. The second-order valence-electron chi connectivity index (χ2n) is 5.62. The van der Waals surface area contributed by atoms with Crippen LogP contribution in [0.15, 0.2) is 54.6 Å². The maximum atomic E-state index is 12.4. The van der Waals surface area contributed by atoms with Crippen LogP contribution in [0.25, 0.3) is 0 Å². The van der Waals surface area contributed by atoms with Crippen LogP contribution in [0.3, 0.4) is 0 Å². The first kappa shape index (κ1) is 17.7. The average molecular weight is 327 g/mol. The van der Waals surface area contributed by atoms with Crippen LogP contribution in [0.4, 0.5) is 0 Å². The van der Waals surface area contributed by atoms with E-state index in [0.717, 1.165) is 11.1 Å². The minimum atomic E-state index is -1.08. The van der Waals surface area contributed by atoms with Gasteiger partial charge in [-0.3, -0.25) is 4.79 Å². The summed E-state index contributed by atoms with van der Waals surface area (Å²) in [6.45, 7) is 1.96. The average Bonchev–Trinajstić information content (AvgIpc) is 2.57. The molecule has 0 radical (unpaired) electrons. The van der Waals surface area contributed by atoms with E-state index in [4.69, 9.17) is 4.74 Å². The summed E-state index contributed by atoms with van der Waals surface area (Å²) in [5, 5.41) is 12.0. The third-order valence-electron chi connectivity index (χ3n) is 3.75. The number of carboxylic acid groups (broad SMARTS) is 1. The highest BCUT2D eigenvalue weighted by Crippen LogP contribution is 2.17. The highest BCUT2D eigenvalue weighted by atomic mass is 16.5. The van der Waals surface area contributed by atoms with E-state index < -0.39 is 24.0 Å². The van der Waals surface area contributed by atoms with E-state index in [9.17, 15) is 14.7 Å². The number of hydrogen-bond acceptors (Lipinski definition) is 3. The highest BCUT2D eigenvalue weighted by molar-refractivity contribution is 5.87. The molecule has 0 saturated carbocycles. The molecule has 2 atom stereocenters. The van der Waals surface area contributed by atoms with E-state index in [-0.39, 0.29) is 6.42 Å². The molecule has 0 saturated heterocycles. The van der Waals surface area contributed by atoms with Gasteiger partial charge in [0.05, 0.1) is 0 Å². The number of carbonyl (C=O) groups excluding carboxylic acids is 1. The van der Waals surface area contributed by atoms with Gasteiger partial charge in [0.25, 0.3) is 5.91 Å². The Balaban J connectivity index is 2.10. The van der Waals surface area contributed by atoms with Gasteiger partial charge in [-0.2, -0.15) is 0 Å². The Labute approximate surface area is 141 Å². The minimum absolute atomic E-state index is 0.215. The molecule has 0 aromatic heterocycles. The van der Waals surface area contributed by atoms with Gasteiger partial charge in [-0.05, 0) is 18.1 Å². The van der Waals surface area contributed by atoms with Crippen molar-refractivity contribution in [1.82, 2.24) is 5.32 Å². The molecular weight excluding hydrogens is 306 g/mol. The number of hydrogen-bond donors (Lipinski definition) is 2. The van der Waals surface area contributed by atoms with Gasteiger partial charge in [0.1, 0.15) is 6.04 Å². The molecule has 24 heavy (non-hydrogen) atoms. The minimum Gasteiger partial charge on any atom is -0.480 e. The molecule has 0 aliphatic heterocycles. The number of aryl methyl sites for hydroxylation is 1. The van der Waals surface area contributed by atoms with E-state index in [1.807, 2.05) is 37.3 Å². The number of ether oxygens (including phenoxy) is 1. The first-order chi connectivity index (χ1) is 11.5. The van der Waals surface area contributed by atoms with Gasteiger partial charge >= 0.3 is 5.97 Å². The fourth-order valence-corrected chi connectivity index (χ4v) is 2.43. The summed E-state index contributed by atoms with van der Waals surface area (Å²) in [4.78, 5) is 23.9. The van der Waals surface area contributed by atoms with Crippen LogP contribution in [0.1, 0.15) is 22.8 Å². The van der Waals surface area contributed by atoms with Gasteiger partial charge in [-0.1, -0.05) is 60.2 Å². The summed E-state index contributed by atoms with van der Waals surface area (Å²) in [7, 11) is 1.42. The summed E-state index contributed by atoms with van der Waals surface area (Å²) < 4.78 is 5.24. The normalized spacial score (nSPS) is 13.1. The van der Waals surface area contributed by atoms with E-state index in [2.05, 4.69) is 5.32 Å². The monoisotopic (exact) mass is 327 g/mol. The number of aliphatic carboxylic acids is 1. The molecule has 2 N–H and O–H groups in total. The molecule has 126 valence electrons. The fraction of sp³-hybridized carbons (Fsp3) is 0.263. The van der Waals surface area contributed by atoms with Crippen molar-refractivity contribution >= 4 is 11.9 Å². The Morgan fingerprint density at radius 1 is 1.08 bits per heavy atom. The lowest BCUT2D eigenvalue weighted by Crippen LogP contribution is -2.44. The first-order valence-corrected chi connectivity index (χ1v) is 7.67. The van der Waals surface area contributed by atoms with Crippen molar-refractivity contribution in [2.75, 3.05) is 7.11 Å². The molecular formula is C19H21NO4. The number of carboxylic acids is 1. The van der Waals surface area contributed by atoms with Crippen molar-refractivity contribution in [2.45, 2.75) is 25.5 Å². The first-order valence-electron chi connectivity index (χ1n) is 7.67. The SMILES string of the molecule is CO[C@H](C(=O)N[C@H](Cc1ccc(C)cc1)C(=O)O)c1ccccc1. The van der Waals surface area contributed by atoms with Crippen molar-refractivity contribution in [3.05, 3.63) is 71.3 Å². The van der Waals surface area contributed by atoms with E-state index in [0.29, 0.717) is 5.56 Å². The summed E-state index contributed by atoms with van der Waals surface area (Å²) in [5.74, 6) is -1.55. The van der Waals surface area contributed by atoms with Crippen LogP contribution in [-0.2, 0) is 20.7 Å². The molecule has 0 aliphatic carbocycles. The van der Waals surface area contributed by atoms with Gasteiger partial charge in [0.2, 0.25) is 0 Å². The van der Waals surface area contributed by atoms with Gasteiger partial charge in [-0.25, -0.2) is 4.79 Å². The van der Waals surface area contributed by atoms with Crippen molar-refractivity contribution in [3.63, 3.8) is 0 Å². The maximum Gasteiger partial charge on any atom is 0.326 e. The lowest BCUT2D eigenvalue weighted by Gasteiger charge is -2.20. The summed E-state index contributed by atoms with van der Waals surface area (Å²) in [6.07, 6.45) is -0.627. The second kappa shape index (κ2) is 8.26. The number of methoxy groups -OCH3 is 1. The van der Waals surface area contributed by atoms with Gasteiger partial charge < -0.3 is 15.2 Å². The zero-order valence-electron chi connectivity index (χ0n) is 13.7. The zero-order chi connectivity index (χ0) is 17.5. The predicted octanol–water partition coefficient (Wildman–Crippen LogP) is 2.49. The van der Waals surface area contributed by atoms with Crippen LogP contribution in [0.2, 0.25) is 0 Å². The Morgan fingerprint density at radius 3 is 2.25 bits per heavy atom. The molecule has 5 heteroatoms. The Bertz CT molecular complexity index is 682. The molecule has 0 spiro atoms. The van der Waals surface area contributed by atoms with Crippen LogP contribution in [0, 0.1) is 6.92 Å². The predicted molar refractivity (Wildman–Crippen MR) is 90.6 cm³/mol. The molecule has 2 aromatic rings. The fourth-order valence-electron chi connectivity index (χ4n) is 2.43. The zero-order valence-corrected chi connectivity index (χ0v) is 13.7.